The van der Waals surface area contributed by atoms with E-state index in [1.807, 2.05) is 24.0 Å². The molecule has 102 valence electrons. The number of likely N-dealkylation sites (tertiary alicyclic amines) is 2. The van der Waals surface area contributed by atoms with E-state index >= 15 is 0 Å². The third-order valence-corrected chi connectivity index (χ3v) is 4.40. The maximum absolute atomic E-state index is 12.6. The van der Waals surface area contributed by atoms with Gasteiger partial charge in [0.2, 0.25) is 0 Å². The predicted molar refractivity (Wildman–Crippen MR) is 74.0 cm³/mol. The largest absolute Gasteiger partial charge is 0.329 e. The Kier molecular flexibility index (Phi) is 3.05. The quantitative estimate of drug-likeness (QED) is 0.811. The minimum absolute atomic E-state index is 0.114. The number of carbonyl (C=O) groups is 1. The van der Waals surface area contributed by atoms with Crippen LogP contribution in [0.3, 0.4) is 0 Å². The van der Waals surface area contributed by atoms with Crippen LogP contribution in [0.15, 0.2) is 18.3 Å². The SMILES string of the molecule is Cc1cccnc1C(=O)N1C2CC1CN(C(C)C)C2. The number of nitrogens with zero attached hydrogens (tertiary/aromatic N) is 3. The molecule has 2 saturated heterocycles. The first-order valence-corrected chi connectivity index (χ1v) is 7.06. The third kappa shape index (κ3) is 2.04. The van der Waals surface area contributed by atoms with Crippen LogP contribution in [0.2, 0.25) is 0 Å². The van der Waals surface area contributed by atoms with Gasteiger partial charge < -0.3 is 4.90 Å². The molecule has 1 amide bonds. The summed E-state index contributed by atoms with van der Waals surface area (Å²) in [5.74, 6) is 0.114. The normalized spacial score (nSPS) is 26.4. The summed E-state index contributed by atoms with van der Waals surface area (Å²) in [5, 5.41) is 0. The lowest BCUT2D eigenvalue weighted by atomic mass is 9.86. The molecule has 2 unspecified atom stereocenters. The van der Waals surface area contributed by atoms with E-state index in [9.17, 15) is 4.79 Å². The topological polar surface area (TPSA) is 36.4 Å². The zero-order valence-electron chi connectivity index (χ0n) is 11.8. The first-order chi connectivity index (χ1) is 9.08. The molecule has 3 heterocycles. The highest BCUT2D eigenvalue weighted by molar-refractivity contribution is 5.94. The van der Waals surface area contributed by atoms with E-state index < -0.39 is 0 Å². The number of hydrogen-bond donors (Lipinski definition) is 0. The number of aryl methyl sites for hydroxylation is 1. The van der Waals surface area contributed by atoms with E-state index in [0.29, 0.717) is 23.8 Å². The van der Waals surface area contributed by atoms with Crippen LogP contribution in [-0.4, -0.2) is 51.9 Å². The Hall–Kier alpha value is -1.42. The lowest BCUT2D eigenvalue weighted by Gasteiger charge is -2.57. The smallest absolute Gasteiger partial charge is 0.273 e. The fourth-order valence-electron chi connectivity index (χ4n) is 3.23. The maximum atomic E-state index is 12.6. The number of amides is 1. The van der Waals surface area contributed by atoms with Gasteiger partial charge in [0.05, 0.1) is 0 Å². The van der Waals surface area contributed by atoms with Crippen LogP contribution in [0.5, 0.6) is 0 Å². The average Bonchev–Trinajstić information content (AvgIpc) is 2.39. The van der Waals surface area contributed by atoms with Crippen molar-refractivity contribution in [2.24, 2.45) is 0 Å². The van der Waals surface area contributed by atoms with E-state index in [1.54, 1.807) is 6.20 Å². The Labute approximate surface area is 114 Å². The van der Waals surface area contributed by atoms with E-state index in [0.717, 1.165) is 25.1 Å². The fraction of sp³-hybridized carbons (Fsp3) is 0.600. The number of piperidine rings is 1. The van der Waals surface area contributed by atoms with Crippen molar-refractivity contribution in [3.63, 3.8) is 0 Å². The van der Waals surface area contributed by atoms with Gasteiger partial charge in [0.15, 0.2) is 0 Å². The van der Waals surface area contributed by atoms with E-state index in [2.05, 4.69) is 23.7 Å². The molecule has 4 heteroatoms. The Balaban J connectivity index is 1.76. The van der Waals surface area contributed by atoms with Crippen LogP contribution in [-0.2, 0) is 0 Å². The monoisotopic (exact) mass is 259 g/mol. The molecule has 4 nitrogen and oxygen atoms in total. The predicted octanol–water partition coefficient (Wildman–Crippen LogP) is 1.70. The molecule has 1 aromatic heterocycles. The molecule has 1 aromatic rings. The van der Waals surface area contributed by atoms with Crippen LogP contribution in [0.25, 0.3) is 0 Å². The number of hydrogen-bond acceptors (Lipinski definition) is 3. The first-order valence-electron chi connectivity index (χ1n) is 7.06. The molecule has 0 spiro atoms. The molecule has 0 saturated carbocycles. The second-order valence-electron chi connectivity index (χ2n) is 5.97. The molecule has 2 fully saturated rings. The summed E-state index contributed by atoms with van der Waals surface area (Å²) in [6.07, 6.45) is 2.86. The van der Waals surface area contributed by atoms with Crippen molar-refractivity contribution in [3.8, 4) is 0 Å². The van der Waals surface area contributed by atoms with Crippen LogP contribution >= 0.6 is 0 Å². The molecule has 0 aromatic carbocycles. The molecule has 2 atom stereocenters. The molecule has 3 rings (SSSR count). The number of piperazine rings is 1. The number of rotatable bonds is 2. The van der Waals surface area contributed by atoms with Gasteiger partial charge >= 0.3 is 0 Å². The lowest BCUT2D eigenvalue weighted by molar-refractivity contribution is -0.0566. The van der Waals surface area contributed by atoms with E-state index in [4.69, 9.17) is 0 Å². The van der Waals surface area contributed by atoms with Crippen LogP contribution in [0.1, 0.15) is 36.3 Å². The van der Waals surface area contributed by atoms with Crippen LogP contribution < -0.4 is 0 Å². The van der Waals surface area contributed by atoms with Crippen molar-refractivity contribution in [1.82, 2.24) is 14.8 Å². The minimum atomic E-state index is 0.114. The van der Waals surface area contributed by atoms with Gasteiger partial charge in [-0.05, 0) is 38.8 Å². The summed E-state index contributed by atoms with van der Waals surface area (Å²) >= 11 is 0. The Morgan fingerprint density at radius 2 is 2.05 bits per heavy atom. The third-order valence-electron chi connectivity index (χ3n) is 4.40. The molecule has 19 heavy (non-hydrogen) atoms. The summed E-state index contributed by atoms with van der Waals surface area (Å²) in [7, 11) is 0. The Morgan fingerprint density at radius 1 is 1.37 bits per heavy atom. The lowest BCUT2D eigenvalue weighted by Crippen LogP contribution is -2.70. The molecular weight excluding hydrogens is 238 g/mol. The summed E-state index contributed by atoms with van der Waals surface area (Å²) in [5.41, 5.74) is 1.59. The number of pyridine rings is 1. The van der Waals surface area contributed by atoms with Gasteiger partial charge in [0.25, 0.3) is 5.91 Å². The fourth-order valence-corrected chi connectivity index (χ4v) is 3.23. The highest BCUT2D eigenvalue weighted by Crippen LogP contribution is 2.34. The van der Waals surface area contributed by atoms with Crippen molar-refractivity contribution >= 4 is 5.91 Å². The Bertz CT molecular complexity index is 488. The zero-order chi connectivity index (χ0) is 13.6. The molecule has 2 aliphatic heterocycles. The number of carbonyl (C=O) groups excluding carboxylic acids is 1. The van der Waals surface area contributed by atoms with Crippen molar-refractivity contribution in [3.05, 3.63) is 29.6 Å². The molecule has 0 radical (unpaired) electrons. The second kappa shape index (κ2) is 4.60. The first kappa shape index (κ1) is 12.6. The molecule has 0 N–H and O–H groups in total. The van der Waals surface area contributed by atoms with Gasteiger partial charge in [0, 0.05) is 37.4 Å². The second-order valence-corrected chi connectivity index (χ2v) is 5.97. The summed E-state index contributed by atoms with van der Waals surface area (Å²) < 4.78 is 0. The van der Waals surface area contributed by atoms with Crippen LogP contribution in [0, 0.1) is 6.92 Å². The molecular formula is C15H21N3O. The Morgan fingerprint density at radius 3 is 2.63 bits per heavy atom. The van der Waals surface area contributed by atoms with E-state index in [1.165, 1.54) is 0 Å². The number of fused-ring (bicyclic) bond motifs is 2. The van der Waals surface area contributed by atoms with Gasteiger partial charge in [-0.1, -0.05) is 6.07 Å². The van der Waals surface area contributed by atoms with Gasteiger partial charge in [-0.2, -0.15) is 0 Å². The maximum Gasteiger partial charge on any atom is 0.273 e. The van der Waals surface area contributed by atoms with Crippen molar-refractivity contribution in [1.29, 1.82) is 0 Å². The number of aromatic nitrogens is 1. The van der Waals surface area contributed by atoms with Crippen molar-refractivity contribution in [2.45, 2.75) is 45.3 Å². The van der Waals surface area contributed by atoms with Gasteiger partial charge in [-0.15, -0.1) is 0 Å². The van der Waals surface area contributed by atoms with Gasteiger partial charge in [-0.3, -0.25) is 14.7 Å². The zero-order valence-corrected chi connectivity index (χ0v) is 11.8. The summed E-state index contributed by atoms with van der Waals surface area (Å²) in [4.78, 5) is 21.4. The minimum Gasteiger partial charge on any atom is -0.329 e. The highest BCUT2D eigenvalue weighted by atomic mass is 16.2. The average molecular weight is 259 g/mol. The van der Waals surface area contributed by atoms with Crippen molar-refractivity contribution < 1.29 is 4.79 Å². The molecule has 0 aliphatic carbocycles. The van der Waals surface area contributed by atoms with Gasteiger partial charge in [0.1, 0.15) is 5.69 Å². The molecule has 2 bridgehead atoms. The van der Waals surface area contributed by atoms with Gasteiger partial charge in [-0.25, -0.2) is 0 Å². The molecule has 2 aliphatic rings. The van der Waals surface area contributed by atoms with E-state index in [-0.39, 0.29) is 5.91 Å². The highest BCUT2D eigenvalue weighted by Gasteiger charge is 2.48. The van der Waals surface area contributed by atoms with Crippen molar-refractivity contribution in [2.75, 3.05) is 13.1 Å². The standard InChI is InChI=1S/C15H21N3O/c1-10(2)17-8-12-7-13(9-17)18(12)15(19)14-11(3)5-4-6-16-14/h4-6,10,12-13H,7-9H2,1-3H3. The van der Waals surface area contributed by atoms with Crippen LogP contribution in [0.4, 0.5) is 0 Å². The summed E-state index contributed by atoms with van der Waals surface area (Å²) in [6, 6.07) is 5.17. The summed E-state index contributed by atoms with van der Waals surface area (Å²) in [6.45, 7) is 8.41.